The van der Waals surface area contributed by atoms with Gasteiger partial charge in [0, 0.05) is 5.56 Å². The van der Waals surface area contributed by atoms with Crippen molar-refractivity contribution in [3.05, 3.63) is 92.4 Å². The molecule has 8 nitrogen and oxygen atoms in total. The number of aromatic nitrogens is 2. The van der Waals surface area contributed by atoms with Crippen LogP contribution in [0.1, 0.15) is 43.1 Å². The van der Waals surface area contributed by atoms with Crippen LogP contribution in [-0.2, 0) is 0 Å². The van der Waals surface area contributed by atoms with Gasteiger partial charge in [0.2, 0.25) is 0 Å². The molecule has 0 bridgehead atoms. The molecule has 0 saturated heterocycles. The van der Waals surface area contributed by atoms with E-state index in [0.717, 1.165) is 10.2 Å². The molecule has 0 aliphatic heterocycles. The van der Waals surface area contributed by atoms with E-state index in [-0.39, 0.29) is 16.7 Å². The number of nitriles is 1. The minimum Gasteiger partial charge on any atom is -0.478 e. The Morgan fingerprint density at radius 2 is 1.77 bits per heavy atom. The molecular weight excluding hydrogens is 386 g/mol. The smallest absolute Gasteiger partial charge is 0.357 e. The third-order valence-electron chi connectivity index (χ3n) is 4.29. The van der Waals surface area contributed by atoms with E-state index in [4.69, 9.17) is 5.11 Å². The largest absolute Gasteiger partial charge is 0.478 e. The molecule has 2 aromatic carbocycles. The van der Waals surface area contributed by atoms with Crippen molar-refractivity contribution >= 4 is 24.1 Å². The van der Waals surface area contributed by atoms with E-state index in [1.165, 1.54) is 36.4 Å². The minimum absolute atomic E-state index is 0.0958. The number of aromatic carboxylic acids is 2. The monoisotopic (exact) mass is 401 g/mol. The summed E-state index contributed by atoms with van der Waals surface area (Å²) in [5.74, 6) is -2.47. The highest BCUT2D eigenvalue weighted by molar-refractivity contribution is 5.93. The van der Waals surface area contributed by atoms with E-state index in [0.29, 0.717) is 11.3 Å². The van der Waals surface area contributed by atoms with Crippen LogP contribution >= 0.6 is 0 Å². The number of carbonyl (C=O) groups is 2. The van der Waals surface area contributed by atoms with E-state index >= 15 is 0 Å². The van der Waals surface area contributed by atoms with Crippen LogP contribution in [0.15, 0.2) is 53.3 Å². The Morgan fingerprint density at radius 3 is 2.33 bits per heavy atom. The van der Waals surface area contributed by atoms with E-state index in [1.807, 2.05) is 13.0 Å². The average molecular weight is 401 g/mol. The molecular formula is C22H15N3O5. The summed E-state index contributed by atoms with van der Waals surface area (Å²) in [4.78, 5) is 35.6. The lowest BCUT2D eigenvalue weighted by Gasteiger charge is -2.10. The van der Waals surface area contributed by atoms with E-state index < -0.39 is 23.2 Å². The molecule has 1 aromatic heterocycles. The molecule has 2 N–H and O–H groups in total. The molecule has 1 heterocycles. The van der Waals surface area contributed by atoms with Crippen LogP contribution in [0.2, 0.25) is 0 Å². The predicted molar refractivity (Wildman–Crippen MR) is 109 cm³/mol. The Kier molecular flexibility index (Phi) is 5.56. The summed E-state index contributed by atoms with van der Waals surface area (Å²) in [7, 11) is 0. The van der Waals surface area contributed by atoms with Gasteiger partial charge in [0.05, 0.1) is 11.3 Å². The Labute approximate surface area is 170 Å². The number of rotatable bonds is 5. The third kappa shape index (κ3) is 4.00. The first kappa shape index (κ1) is 20.2. The Hall–Kier alpha value is -4.51. The molecule has 30 heavy (non-hydrogen) atoms. The molecule has 0 aliphatic rings. The summed E-state index contributed by atoms with van der Waals surface area (Å²) in [5, 5.41) is 32.1. The van der Waals surface area contributed by atoms with Gasteiger partial charge in [0.15, 0.2) is 5.69 Å². The van der Waals surface area contributed by atoms with Crippen LogP contribution in [0.5, 0.6) is 0 Å². The lowest BCUT2D eigenvalue weighted by Crippen LogP contribution is -2.28. The highest BCUT2D eigenvalue weighted by Crippen LogP contribution is 2.17. The zero-order valence-electron chi connectivity index (χ0n) is 15.7. The fourth-order valence-corrected chi connectivity index (χ4v) is 2.82. The van der Waals surface area contributed by atoms with Crippen LogP contribution < -0.4 is 5.56 Å². The summed E-state index contributed by atoms with van der Waals surface area (Å²) in [6.45, 7) is 1.81. The summed E-state index contributed by atoms with van der Waals surface area (Å²) in [5.41, 5.74) is 0.161. The summed E-state index contributed by atoms with van der Waals surface area (Å²) in [6.07, 6.45) is 2.79. The number of carboxylic acid groups (broad SMARTS) is 2. The SMILES string of the molecule is Cc1cccc(-n2nc(C(=O)O)c(/C=C\c3ccc(C(=O)O)cc3)c(C#N)c2=O)c1. The molecule has 148 valence electrons. The van der Waals surface area contributed by atoms with Crippen molar-refractivity contribution in [2.24, 2.45) is 0 Å². The first-order valence-electron chi connectivity index (χ1n) is 8.71. The van der Waals surface area contributed by atoms with Crippen molar-refractivity contribution in [2.75, 3.05) is 0 Å². The van der Waals surface area contributed by atoms with Crippen LogP contribution in [0, 0.1) is 18.3 Å². The van der Waals surface area contributed by atoms with E-state index in [1.54, 1.807) is 24.3 Å². The molecule has 0 fully saturated rings. The summed E-state index contributed by atoms with van der Waals surface area (Å²) in [6, 6.07) is 14.3. The Morgan fingerprint density at radius 1 is 1.07 bits per heavy atom. The fraction of sp³-hybridized carbons (Fsp3) is 0.0455. The third-order valence-corrected chi connectivity index (χ3v) is 4.29. The van der Waals surface area contributed by atoms with Crippen LogP contribution in [0.4, 0.5) is 0 Å². The van der Waals surface area contributed by atoms with Gasteiger partial charge in [-0.1, -0.05) is 36.4 Å². The molecule has 0 atom stereocenters. The standard InChI is InChI=1S/C22H15N3O5/c1-13-3-2-4-16(11-13)25-20(26)18(12-23)17(19(24-25)22(29)30)10-7-14-5-8-15(9-6-14)21(27)28/h2-11H,1H3,(H,27,28)(H,29,30)/b10-7-. The number of nitrogens with zero attached hydrogens (tertiary/aromatic N) is 3. The Balaban J connectivity index is 2.16. The van der Waals surface area contributed by atoms with Crippen LogP contribution in [0.25, 0.3) is 17.8 Å². The van der Waals surface area contributed by atoms with E-state index in [2.05, 4.69) is 5.10 Å². The topological polar surface area (TPSA) is 133 Å². The molecule has 0 spiro atoms. The van der Waals surface area contributed by atoms with Crippen molar-refractivity contribution in [1.82, 2.24) is 9.78 Å². The van der Waals surface area contributed by atoms with Crippen molar-refractivity contribution in [2.45, 2.75) is 6.92 Å². The second kappa shape index (κ2) is 8.24. The maximum Gasteiger partial charge on any atom is 0.357 e. The van der Waals surface area contributed by atoms with Crippen LogP contribution in [0.3, 0.4) is 0 Å². The number of hydrogen-bond donors (Lipinski definition) is 2. The maximum absolute atomic E-state index is 12.8. The number of hydrogen-bond acceptors (Lipinski definition) is 5. The van der Waals surface area contributed by atoms with Crippen LogP contribution in [-0.4, -0.2) is 31.9 Å². The van der Waals surface area contributed by atoms with Gasteiger partial charge in [0.25, 0.3) is 5.56 Å². The zero-order chi connectivity index (χ0) is 21.8. The number of aryl methyl sites for hydroxylation is 1. The fourth-order valence-electron chi connectivity index (χ4n) is 2.82. The molecule has 0 unspecified atom stereocenters. The van der Waals surface area contributed by atoms with Crippen molar-refractivity contribution in [3.63, 3.8) is 0 Å². The van der Waals surface area contributed by atoms with E-state index in [9.17, 15) is 24.8 Å². The highest BCUT2D eigenvalue weighted by Gasteiger charge is 2.21. The van der Waals surface area contributed by atoms with Crippen molar-refractivity contribution in [3.8, 4) is 11.8 Å². The van der Waals surface area contributed by atoms with Gasteiger partial charge in [0.1, 0.15) is 11.6 Å². The van der Waals surface area contributed by atoms with Gasteiger partial charge >= 0.3 is 11.9 Å². The number of carboxylic acids is 2. The molecule has 0 saturated carbocycles. The summed E-state index contributed by atoms with van der Waals surface area (Å²) < 4.78 is 0.897. The van der Waals surface area contributed by atoms with Gasteiger partial charge in [-0.3, -0.25) is 4.79 Å². The highest BCUT2D eigenvalue weighted by atomic mass is 16.4. The van der Waals surface area contributed by atoms with Crippen molar-refractivity contribution < 1.29 is 19.8 Å². The first-order valence-corrected chi connectivity index (χ1v) is 8.71. The second-order valence-corrected chi connectivity index (χ2v) is 6.37. The van der Waals surface area contributed by atoms with Gasteiger partial charge < -0.3 is 10.2 Å². The lowest BCUT2D eigenvalue weighted by molar-refractivity contribution is 0.0680. The molecule has 3 aromatic rings. The molecule has 0 radical (unpaired) electrons. The molecule has 8 heteroatoms. The minimum atomic E-state index is -1.39. The molecule has 0 aliphatic carbocycles. The molecule has 3 rings (SSSR count). The summed E-state index contributed by atoms with van der Waals surface area (Å²) >= 11 is 0. The second-order valence-electron chi connectivity index (χ2n) is 6.37. The van der Waals surface area contributed by atoms with Gasteiger partial charge in [-0.2, -0.15) is 15.0 Å². The predicted octanol–water partition coefficient (Wildman–Crippen LogP) is 2.98. The Bertz CT molecular complexity index is 1280. The molecule has 0 amide bonds. The normalized spacial score (nSPS) is 10.7. The van der Waals surface area contributed by atoms with Gasteiger partial charge in [-0.05, 0) is 42.3 Å². The quantitative estimate of drug-likeness (QED) is 0.671. The van der Waals surface area contributed by atoms with Gasteiger partial charge in [-0.25, -0.2) is 9.59 Å². The number of benzene rings is 2. The van der Waals surface area contributed by atoms with Gasteiger partial charge in [-0.15, -0.1) is 0 Å². The zero-order valence-corrected chi connectivity index (χ0v) is 15.7. The van der Waals surface area contributed by atoms with Crippen molar-refractivity contribution in [1.29, 1.82) is 5.26 Å². The first-order chi connectivity index (χ1) is 14.3. The maximum atomic E-state index is 12.8. The average Bonchev–Trinajstić information content (AvgIpc) is 2.72. The lowest BCUT2D eigenvalue weighted by atomic mass is 10.1.